The van der Waals surface area contributed by atoms with Crippen LogP contribution < -0.4 is 0 Å². The van der Waals surface area contributed by atoms with Crippen LogP contribution in [0, 0.1) is 6.92 Å². The van der Waals surface area contributed by atoms with Crippen LogP contribution in [0.25, 0.3) is 0 Å². The van der Waals surface area contributed by atoms with Crippen LogP contribution in [0.2, 0.25) is 0 Å². The molecule has 1 aromatic carbocycles. The van der Waals surface area contributed by atoms with Gasteiger partial charge in [-0.2, -0.15) is 5.10 Å². The zero-order valence-corrected chi connectivity index (χ0v) is 13.7. The third-order valence-electron chi connectivity index (χ3n) is 4.56. The van der Waals surface area contributed by atoms with Gasteiger partial charge in [0.05, 0.1) is 18.3 Å². The highest BCUT2D eigenvalue weighted by Gasteiger charge is 2.33. The lowest BCUT2D eigenvalue weighted by Gasteiger charge is -2.32. The number of carboxylic acid groups (broad SMARTS) is 1. The van der Waals surface area contributed by atoms with Gasteiger partial charge in [-0.1, -0.05) is 30.3 Å². The third kappa shape index (κ3) is 3.18. The Morgan fingerprint density at radius 2 is 2.00 bits per heavy atom. The fraction of sp³-hybridized carbons (Fsp3) is 0.389. The Hall–Kier alpha value is -2.63. The second kappa shape index (κ2) is 6.86. The molecule has 1 saturated heterocycles. The van der Waals surface area contributed by atoms with Crippen LogP contribution in [0.5, 0.6) is 0 Å². The van der Waals surface area contributed by atoms with Crippen molar-refractivity contribution in [1.29, 1.82) is 0 Å². The molecule has 0 radical (unpaired) electrons. The van der Waals surface area contributed by atoms with E-state index in [2.05, 4.69) is 5.10 Å². The van der Waals surface area contributed by atoms with Crippen molar-refractivity contribution in [2.45, 2.75) is 38.8 Å². The van der Waals surface area contributed by atoms with Crippen LogP contribution in [-0.2, 0) is 11.3 Å². The number of carbonyl (C=O) groups excluding carboxylic acids is 1. The van der Waals surface area contributed by atoms with Gasteiger partial charge in [-0.05, 0) is 31.7 Å². The number of rotatable bonds is 4. The van der Waals surface area contributed by atoms with Gasteiger partial charge in [0.15, 0.2) is 0 Å². The lowest BCUT2D eigenvalue weighted by Crippen LogP contribution is -2.48. The van der Waals surface area contributed by atoms with Gasteiger partial charge in [-0.3, -0.25) is 9.48 Å². The minimum absolute atomic E-state index is 0.237. The highest BCUT2D eigenvalue weighted by molar-refractivity contribution is 5.97. The van der Waals surface area contributed by atoms with Crippen LogP contribution >= 0.6 is 0 Å². The summed E-state index contributed by atoms with van der Waals surface area (Å²) in [7, 11) is 0. The number of likely N-dealkylation sites (tertiary alicyclic amines) is 1. The first-order chi connectivity index (χ1) is 11.6. The Labute approximate surface area is 140 Å². The van der Waals surface area contributed by atoms with Crippen molar-refractivity contribution >= 4 is 11.9 Å². The molecule has 3 rings (SSSR count). The first-order valence-corrected chi connectivity index (χ1v) is 8.18. The van der Waals surface area contributed by atoms with Crippen molar-refractivity contribution < 1.29 is 14.7 Å². The van der Waals surface area contributed by atoms with Crippen LogP contribution in [0.3, 0.4) is 0 Å². The number of carboxylic acids is 1. The highest BCUT2D eigenvalue weighted by atomic mass is 16.4. The van der Waals surface area contributed by atoms with Crippen LogP contribution in [0.15, 0.2) is 36.5 Å². The molecule has 24 heavy (non-hydrogen) atoms. The molecule has 1 aromatic heterocycles. The molecule has 1 fully saturated rings. The van der Waals surface area contributed by atoms with Crippen molar-refractivity contribution in [3.8, 4) is 0 Å². The Morgan fingerprint density at radius 3 is 2.71 bits per heavy atom. The van der Waals surface area contributed by atoms with Crippen LogP contribution in [0.4, 0.5) is 0 Å². The molecule has 1 atom stereocenters. The maximum absolute atomic E-state index is 12.8. The Bertz CT molecular complexity index is 739. The Morgan fingerprint density at radius 1 is 1.25 bits per heavy atom. The predicted octanol–water partition coefficient (Wildman–Crippen LogP) is 2.32. The van der Waals surface area contributed by atoms with Gasteiger partial charge in [-0.15, -0.1) is 0 Å². The van der Waals surface area contributed by atoms with Gasteiger partial charge in [0.1, 0.15) is 6.04 Å². The quantitative estimate of drug-likeness (QED) is 0.935. The summed E-state index contributed by atoms with van der Waals surface area (Å²) in [6.45, 7) is 2.92. The zero-order valence-electron chi connectivity index (χ0n) is 13.7. The zero-order chi connectivity index (χ0) is 17.1. The first kappa shape index (κ1) is 16.2. The summed E-state index contributed by atoms with van der Waals surface area (Å²) in [4.78, 5) is 25.7. The average Bonchev–Trinajstić information content (AvgIpc) is 2.96. The second-order valence-electron chi connectivity index (χ2n) is 6.14. The maximum atomic E-state index is 12.8. The largest absolute Gasteiger partial charge is 0.480 e. The van der Waals surface area contributed by atoms with Crippen molar-refractivity contribution in [1.82, 2.24) is 14.7 Å². The van der Waals surface area contributed by atoms with E-state index in [9.17, 15) is 14.7 Å². The number of amides is 1. The summed E-state index contributed by atoms with van der Waals surface area (Å²) in [6, 6.07) is 9.16. The smallest absolute Gasteiger partial charge is 0.326 e. The van der Waals surface area contributed by atoms with Gasteiger partial charge in [0.25, 0.3) is 5.91 Å². The normalized spacial score (nSPS) is 17.7. The molecule has 6 nitrogen and oxygen atoms in total. The summed E-state index contributed by atoms with van der Waals surface area (Å²) in [5.41, 5.74) is 2.35. The summed E-state index contributed by atoms with van der Waals surface area (Å²) in [6.07, 6.45) is 3.74. The fourth-order valence-electron chi connectivity index (χ4n) is 3.16. The summed E-state index contributed by atoms with van der Waals surface area (Å²) in [5.74, 6) is -1.17. The van der Waals surface area contributed by atoms with E-state index in [1.807, 2.05) is 37.3 Å². The average molecular weight is 327 g/mol. The van der Waals surface area contributed by atoms with Gasteiger partial charge in [-0.25, -0.2) is 4.79 Å². The molecule has 1 unspecified atom stereocenters. The fourth-order valence-corrected chi connectivity index (χ4v) is 3.16. The molecule has 2 aromatic rings. The molecule has 6 heteroatoms. The van der Waals surface area contributed by atoms with Crippen molar-refractivity contribution in [3.63, 3.8) is 0 Å². The number of hydrogen-bond donors (Lipinski definition) is 1. The standard InChI is InChI=1S/C18H21N3O3/c1-13-15(11-19-21(13)12-14-7-3-2-4-8-14)17(22)20-10-6-5-9-16(20)18(23)24/h2-4,7-8,11,16H,5-6,9-10,12H2,1H3,(H,23,24). The molecule has 126 valence electrons. The Kier molecular flexibility index (Phi) is 4.64. The minimum Gasteiger partial charge on any atom is -0.480 e. The van der Waals surface area contributed by atoms with Crippen molar-refractivity contribution in [2.24, 2.45) is 0 Å². The molecule has 1 N–H and O–H groups in total. The van der Waals surface area contributed by atoms with E-state index in [-0.39, 0.29) is 5.91 Å². The monoisotopic (exact) mass is 327 g/mol. The molecule has 1 amide bonds. The van der Waals surface area contributed by atoms with E-state index in [1.165, 1.54) is 4.90 Å². The van der Waals surface area contributed by atoms with E-state index in [4.69, 9.17) is 0 Å². The lowest BCUT2D eigenvalue weighted by molar-refractivity contribution is -0.143. The molecule has 0 spiro atoms. The number of hydrogen-bond acceptors (Lipinski definition) is 3. The third-order valence-corrected chi connectivity index (χ3v) is 4.56. The topological polar surface area (TPSA) is 75.4 Å². The second-order valence-corrected chi connectivity index (χ2v) is 6.14. The summed E-state index contributed by atoms with van der Waals surface area (Å²) >= 11 is 0. The number of nitrogens with zero attached hydrogens (tertiary/aromatic N) is 3. The van der Waals surface area contributed by atoms with Gasteiger partial charge in [0, 0.05) is 12.2 Å². The number of aromatic nitrogens is 2. The first-order valence-electron chi connectivity index (χ1n) is 8.18. The molecule has 0 aliphatic carbocycles. The van der Waals surface area contributed by atoms with Crippen molar-refractivity contribution in [2.75, 3.05) is 6.54 Å². The van der Waals surface area contributed by atoms with E-state index >= 15 is 0 Å². The number of benzene rings is 1. The van der Waals surface area contributed by atoms with Gasteiger partial charge in [0.2, 0.25) is 0 Å². The Balaban J connectivity index is 1.82. The van der Waals surface area contributed by atoms with Gasteiger partial charge < -0.3 is 10.0 Å². The maximum Gasteiger partial charge on any atom is 0.326 e. The molecule has 0 bridgehead atoms. The number of carbonyl (C=O) groups is 2. The molecular formula is C18H21N3O3. The highest BCUT2D eigenvalue weighted by Crippen LogP contribution is 2.21. The van der Waals surface area contributed by atoms with E-state index in [1.54, 1.807) is 10.9 Å². The van der Waals surface area contributed by atoms with Crippen molar-refractivity contribution in [3.05, 3.63) is 53.3 Å². The van der Waals surface area contributed by atoms with Gasteiger partial charge >= 0.3 is 5.97 Å². The minimum atomic E-state index is -0.933. The summed E-state index contributed by atoms with van der Waals surface area (Å²) < 4.78 is 1.78. The molecular weight excluding hydrogens is 306 g/mol. The molecule has 1 aliphatic heterocycles. The molecule has 2 heterocycles. The molecule has 0 saturated carbocycles. The summed E-state index contributed by atoms with van der Waals surface area (Å²) in [5, 5.41) is 13.7. The van der Waals surface area contributed by atoms with Crippen LogP contribution in [0.1, 0.15) is 40.9 Å². The lowest BCUT2D eigenvalue weighted by atomic mass is 10.0. The van der Waals surface area contributed by atoms with E-state index in [0.29, 0.717) is 25.1 Å². The van der Waals surface area contributed by atoms with E-state index in [0.717, 1.165) is 24.1 Å². The number of aliphatic carboxylic acids is 1. The van der Waals surface area contributed by atoms with Crippen LogP contribution in [-0.4, -0.2) is 44.3 Å². The molecule has 1 aliphatic rings. The SMILES string of the molecule is Cc1c(C(=O)N2CCCCC2C(=O)O)cnn1Cc1ccccc1. The van der Waals surface area contributed by atoms with E-state index < -0.39 is 12.0 Å². The predicted molar refractivity (Wildman–Crippen MR) is 88.8 cm³/mol. The number of piperidine rings is 1.